The van der Waals surface area contributed by atoms with E-state index in [0.717, 1.165) is 11.4 Å². The number of ether oxygens (including phenoxy) is 1. The number of aliphatic hydroxyl groups is 1. The molecule has 1 aliphatic heterocycles. The lowest BCUT2D eigenvalue weighted by Gasteiger charge is -2.35. The van der Waals surface area contributed by atoms with Gasteiger partial charge < -0.3 is 20.1 Å². The molecule has 33 heavy (non-hydrogen) atoms. The maximum Gasteiger partial charge on any atom is 0.253 e. The van der Waals surface area contributed by atoms with Crippen LogP contribution in [-0.2, 0) is 22.6 Å². The maximum atomic E-state index is 12.1. The first kappa shape index (κ1) is 23.0. The molecule has 1 saturated heterocycles. The van der Waals surface area contributed by atoms with E-state index in [9.17, 15) is 9.90 Å². The molecule has 0 bridgehead atoms. The summed E-state index contributed by atoms with van der Waals surface area (Å²) in [6.07, 6.45) is -0.917. The number of benzene rings is 3. The van der Waals surface area contributed by atoms with Crippen molar-refractivity contribution in [3.8, 4) is 0 Å². The normalized spacial score (nSPS) is 16.0. The maximum absolute atomic E-state index is 12.1. The number of carbonyl (C=O) groups excluding carboxylic acids is 1. The first-order chi connectivity index (χ1) is 16.1. The van der Waals surface area contributed by atoms with Gasteiger partial charge in [0, 0.05) is 31.0 Å². The molecular formula is C27H31N3O3. The van der Waals surface area contributed by atoms with Gasteiger partial charge in [0.15, 0.2) is 0 Å². The first-order valence-corrected chi connectivity index (χ1v) is 11.3. The van der Waals surface area contributed by atoms with Gasteiger partial charge in [0.2, 0.25) is 0 Å². The number of nitrogens with one attached hydrogen (secondary N) is 1. The monoisotopic (exact) mass is 445 g/mol. The molecule has 2 N–H and O–H groups in total. The van der Waals surface area contributed by atoms with Gasteiger partial charge in [0.1, 0.15) is 12.8 Å². The van der Waals surface area contributed by atoms with Crippen LogP contribution >= 0.6 is 0 Å². The number of aliphatic hydroxyl groups excluding tert-OH is 1. The first-order valence-electron chi connectivity index (χ1n) is 11.3. The van der Waals surface area contributed by atoms with Crippen LogP contribution in [0.2, 0.25) is 0 Å². The molecule has 2 atom stereocenters. The van der Waals surface area contributed by atoms with Crippen LogP contribution in [-0.4, -0.2) is 47.9 Å². The average Bonchev–Trinajstić information content (AvgIpc) is 2.84. The van der Waals surface area contributed by atoms with E-state index in [2.05, 4.69) is 34.5 Å². The second-order valence-corrected chi connectivity index (χ2v) is 8.35. The number of carbonyl (C=O) groups is 1. The number of rotatable bonds is 9. The van der Waals surface area contributed by atoms with Crippen LogP contribution in [0.25, 0.3) is 0 Å². The third-order valence-corrected chi connectivity index (χ3v) is 5.79. The molecule has 0 radical (unpaired) electrons. The fourth-order valence-corrected chi connectivity index (χ4v) is 4.10. The Bertz CT molecular complexity index is 968. The molecule has 1 amide bonds. The van der Waals surface area contributed by atoms with Crippen molar-refractivity contribution in [1.82, 2.24) is 4.90 Å². The van der Waals surface area contributed by atoms with E-state index in [1.807, 2.05) is 60.7 Å². The summed E-state index contributed by atoms with van der Waals surface area (Å²) in [7, 11) is 0. The van der Waals surface area contributed by atoms with E-state index in [-0.39, 0.29) is 18.7 Å². The zero-order valence-corrected chi connectivity index (χ0v) is 18.9. The zero-order chi connectivity index (χ0) is 23.0. The Morgan fingerprint density at radius 1 is 0.939 bits per heavy atom. The van der Waals surface area contributed by atoms with Crippen molar-refractivity contribution in [3.63, 3.8) is 0 Å². The van der Waals surface area contributed by atoms with Gasteiger partial charge in [-0.2, -0.15) is 0 Å². The predicted octanol–water partition coefficient (Wildman–Crippen LogP) is 3.87. The molecule has 0 aliphatic carbocycles. The highest BCUT2D eigenvalue weighted by atomic mass is 16.5. The molecule has 3 aromatic rings. The van der Waals surface area contributed by atoms with Crippen LogP contribution in [0.5, 0.6) is 0 Å². The number of morpholine rings is 1. The Balaban J connectivity index is 1.53. The van der Waals surface area contributed by atoms with Crippen molar-refractivity contribution in [3.05, 3.63) is 96.1 Å². The van der Waals surface area contributed by atoms with E-state index in [4.69, 9.17) is 4.74 Å². The van der Waals surface area contributed by atoms with Gasteiger partial charge in [0.05, 0.1) is 12.7 Å². The summed E-state index contributed by atoms with van der Waals surface area (Å²) in [5.74, 6) is -0.0271. The van der Waals surface area contributed by atoms with E-state index in [1.165, 1.54) is 11.1 Å². The third kappa shape index (κ3) is 6.20. The van der Waals surface area contributed by atoms with Crippen molar-refractivity contribution in [2.24, 2.45) is 0 Å². The molecule has 6 nitrogen and oxygen atoms in total. The number of amides is 1. The van der Waals surface area contributed by atoms with Crippen molar-refractivity contribution in [1.29, 1.82) is 0 Å². The summed E-state index contributed by atoms with van der Waals surface area (Å²) in [6, 6.07) is 28.3. The summed E-state index contributed by atoms with van der Waals surface area (Å²) < 4.78 is 5.22. The van der Waals surface area contributed by atoms with Crippen molar-refractivity contribution in [2.45, 2.75) is 32.3 Å². The van der Waals surface area contributed by atoms with Crippen molar-refractivity contribution >= 4 is 17.3 Å². The highest BCUT2D eigenvalue weighted by molar-refractivity contribution is 5.95. The van der Waals surface area contributed by atoms with E-state index in [1.54, 1.807) is 11.8 Å². The van der Waals surface area contributed by atoms with Gasteiger partial charge >= 0.3 is 0 Å². The highest BCUT2D eigenvalue weighted by Gasteiger charge is 2.24. The summed E-state index contributed by atoms with van der Waals surface area (Å²) in [6.45, 7) is 4.42. The number of hydrogen-bond acceptors (Lipinski definition) is 5. The predicted molar refractivity (Wildman–Crippen MR) is 131 cm³/mol. The smallest absolute Gasteiger partial charge is 0.253 e. The number of anilines is 2. The second-order valence-electron chi connectivity index (χ2n) is 8.35. The van der Waals surface area contributed by atoms with Gasteiger partial charge in [-0.1, -0.05) is 60.7 Å². The molecule has 1 aliphatic rings. The average molecular weight is 446 g/mol. The van der Waals surface area contributed by atoms with Gasteiger partial charge in [-0.05, 0) is 42.3 Å². The lowest BCUT2D eigenvalue weighted by Crippen LogP contribution is -2.47. The van der Waals surface area contributed by atoms with E-state index < -0.39 is 6.10 Å². The molecule has 1 fully saturated rings. The van der Waals surface area contributed by atoms with Crippen LogP contribution in [0, 0.1) is 0 Å². The highest BCUT2D eigenvalue weighted by Crippen LogP contribution is 2.23. The van der Waals surface area contributed by atoms with Gasteiger partial charge in [0.25, 0.3) is 5.91 Å². The van der Waals surface area contributed by atoms with Crippen LogP contribution in [0.15, 0.2) is 84.9 Å². The lowest BCUT2D eigenvalue weighted by molar-refractivity contribution is -0.125. The summed E-state index contributed by atoms with van der Waals surface area (Å²) >= 11 is 0. The van der Waals surface area contributed by atoms with Crippen molar-refractivity contribution < 1.29 is 14.6 Å². The topological polar surface area (TPSA) is 65.0 Å². The Morgan fingerprint density at radius 2 is 1.52 bits per heavy atom. The van der Waals surface area contributed by atoms with Gasteiger partial charge in [-0.3, -0.25) is 9.69 Å². The molecule has 0 aromatic heterocycles. The van der Waals surface area contributed by atoms with Gasteiger partial charge in [-0.15, -0.1) is 0 Å². The Kier molecular flexibility index (Phi) is 7.73. The van der Waals surface area contributed by atoms with Crippen LogP contribution < -0.4 is 10.2 Å². The fraction of sp³-hybridized carbons (Fsp3) is 0.296. The second kappa shape index (κ2) is 11.1. The van der Waals surface area contributed by atoms with Gasteiger partial charge in [-0.25, -0.2) is 0 Å². The molecule has 4 rings (SSSR count). The Morgan fingerprint density at radius 3 is 2.03 bits per heavy atom. The third-order valence-electron chi connectivity index (χ3n) is 5.79. The molecule has 6 heteroatoms. The van der Waals surface area contributed by atoms with E-state index >= 15 is 0 Å². The number of nitrogens with zero attached hydrogens (tertiary/aromatic N) is 2. The quantitative estimate of drug-likeness (QED) is 0.490. The standard InChI is InChI=1S/C27H31N3O3/c1-21(31)27(28-24-12-14-25(15-13-24)30-16-17-33-20-26(30)32)29(18-22-8-4-2-5-9-22)19-23-10-6-3-7-11-23/h2-15,21,27-28,31H,16-20H2,1H3/t21-,27-/m1/s1. The summed E-state index contributed by atoms with van der Waals surface area (Å²) in [4.78, 5) is 16.1. The SMILES string of the molecule is C[C@@H](O)[C@H](Nc1ccc(N2CCOCC2=O)cc1)N(Cc1ccccc1)Cc1ccccc1. The van der Waals surface area contributed by atoms with Crippen LogP contribution in [0.4, 0.5) is 11.4 Å². The van der Waals surface area contributed by atoms with Crippen LogP contribution in [0.1, 0.15) is 18.1 Å². The molecule has 1 heterocycles. The molecule has 0 saturated carbocycles. The van der Waals surface area contributed by atoms with Crippen LogP contribution in [0.3, 0.4) is 0 Å². The number of hydrogen-bond donors (Lipinski definition) is 2. The lowest BCUT2D eigenvalue weighted by atomic mass is 10.1. The Hall–Kier alpha value is -3.19. The molecular weight excluding hydrogens is 414 g/mol. The molecule has 172 valence electrons. The minimum Gasteiger partial charge on any atom is -0.390 e. The minimum atomic E-state index is -0.613. The fourth-order valence-electron chi connectivity index (χ4n) is 4.10. The molecule has 0 unspecified atom stereocenters. The van der Waals surface area contributed by atoms with Crippen molar-refractivity contribution in [2.75, 3.05) is 30.0 Å². The Labute approximate surface area is 195 Å². The van der Waals surface area contributed by atoms with E-state index in [0.29, 0.717) is 26.2 Å². The minimum absolute atomic E-state index is 0.0271. The molecule has 3 aromatic carbocycles. The summed E-state index contributed by atoms with van der Waals surface area (Å²) in [5, 5.41) is 14.2. The largest absolute Gasteiger partial charge is 0.390 e. The summed E-state index contributed by atoms with van der Waals surface area (Å²) in [5.41, 5.74) is 4.11. The zero-order valence-electron chi connectivity index (χ0n) is 18.9. The molecule has 0 spiro atoms.